The van der Waals surface area contributed by atoms with Crippen molar-refractivity contribution >= 4 is 15.9 Å². The van der Waals surface area contributed by atoms with E-state index in [1.165, 1.54) is 0 Å². The number of nitrogens with two attached hydrogens (primary N) is 1. The van der Waals surface area contributed by atoms with Crippen LogP contribution in [0.3, 0.4) is 0 Å². The molecule has 1 unspecified atom stereocenters. The highest BCUT2D eigenvalue weighted by Crippen LogP contribution is 2.25. The van der Waals surface area contributed by atoms with Gasteiger partial charge in [0.2, 0.25) is 0 Å². The molecule has 1 aromatic carbocycles. The lowest BCUT2D eigenvalue weighted by Crippen LogP contribution is -2.30. The van der Waals surface area contributed by atoms with Crippen molar-refractivity contribution in [1.82, 2.24) is 15.4 Å². The summed E-state index contributed by atoms with van der Waals surface area (Å²) < 4.78 is 1.02. The molecule has 88 valence electrons. The first-order chi connectivity index (χ1) is 8.22. The van der Waals surface area contributed by atoms with Gasteiger partial charge in [0.05, 0.1) is 17.9 Å². The number of nitrogens with zero attached hydrogens (tertiary/aromatic N) is 2. The molecule has 0 saturated carbocycles. The van der Waals surface area contributed by atoms with E-state index in [0.717, 1.165) is 21.3 Å². The van der Waals surface area contributed by atoms with E-state index in [-0.39, 0.29) is 6.04 Å². The Morgan fingerprint density at radius 3 is 2.82 bits per heavy atom. The van der Waals surface area contributed by atoms with Gasteiger partial charge in [0.15, 0.2) is 0 Å². The van der Waals surface area contributed by atoms with Gasteiger partial charge in [0, 0.05) is 16.9 Å². The van der Waals surface area contributed by atoms with Crippen LogP contribution >= 0.6 is 15.9 Å². The second kappa shape index (κ2) is 5.35. The van der Waals surface area contributed by atoms with E-state index in [1.54, 1.807) is 18.6 Å². The largest absolute Gasteiger partial charge is 0.271 e. The van der Waals surface area contributed by atoms with Gasteiger partial charge < -0.3 is 0 Å². The summed E-state index contributed by atoms with van der Waals surface area (Å²) in [5.41, 5.74) is 5.82. The fourth-order valence-electron chi connectivity index (χ4n) is 1.72. The molecule has 4 nitrogen and oxygen atoms in total. The average Bonchev–Trinajstić information content (AvgIpc) is 2.36. The Bertz CT molecular complexity index is 501. The van der Waals surface area contributed by atoms with Crippen LogP contribution in [0.1, 0.15) is 22.9 Å². The Morgan fingerprint density at radius 2 is 2.18 bits per heavy atom. The van der Waals surface area contributed by atoms with Crippen molar-refractivity contribution in [2.45, 2.75) is 13.0 Å². The highest BCUT2D eigenvalue weighted by molar-refractivity contribution is 9.10. The van der Waals surface area contributed by atoms with Gasteiger partial charge in [-0.1, -0.05) is 22.0 Å². The van der Waals surface area contributed by atoms with Crippen LogP contribution in [0.5, 0.6) is 0 Å². The van der Waals surface area contributed by atoms with Crippen LogP contribution in [-0.2, 0) is 0 Å². The number of hydrazine groups is 1. The minimum absolute atomic E-state index is 0.152. The van der Waals surface area contributed by atoms with Crippen LogP contribution in [0.15, 0.2) is 41.3 Å². The van der Waals surface area contributed by atoms with Crippen molar-refractivity contribution in [3.8, 4) is 0 Å². The molecule has 2 rings (SSSR count). The van der Waals surface area contributed by atoms with Crippen molar-refractivity contribution < 1.29 is 0 Å². The monoisotopic (exact) mass is 292 g/mol. The topological polar surface area (TPSA) is 63.8 Å². The standard InChI is InChI=1S/C12H13BrN4/c1-8-2-3-9(13)6-10(8)12(17-14)11-7-15-4-5-16-11/h2-7,12,17H,14H2,1H3. The van der Waals surface area contributed by atoms with Crippen molar-refractivity contribution in [2.24, 2.45) is 5.84 Å². The zero-order valence-corrected chi connectivity index (χ0v) is 11.0. The first-order valence-corrected chi connectivity index (χ1v) is 5.99. The fourth-order valence-corrected chi connectivity index (χ4v) is 2.10. The summed E-state index contributed by atoms with van der Waals surface area (Å²) in [5, 5.41) is 0. The molecule has 2 aromatic rings. The van der Waals surface area contributed by atoms with Crippen molar-refractivity contribution in [3.63, 3.8) is 0 Å². The molecule has 0 aliphatic rings. The third-order valence-corrected chi connectivity index (χ3v) is 3.09. The Balaban J connectivity index is 2.46. The molecule has 1 atom stereocenters. The van der Waals surface area contributed by atoms with Gasteiger partial charge in [-0.15, -0.1) is 0 Å². The Morgan fingerprint density at radius 1 is 1.35 bits per heavy atom. The van der Waals surface area contributed by atoms with E-state index in [9.17, 15) is 0 Å². The lowest BCUT2D eigenvalue weighted by Gasteiger charge is -2.17. The summed E-state index contributed by atoms with van der Waals surface area (Å²) in [4.78, 5) is 8.34. The highest BCUT2D eigenvalue weighted by Gasteiger charge is 2.16. The molecular formula is C12H13BrN4. The van der Waals surface area contributed by atoms with Gasteiger partial charge in [0.25, 0.3) is 0 Å². The summed E-state index contributed by atoms with van der Waals surface area (Å²) in [6.45, 7) is 2.04. The van der Waals surface area contributed by atoms with E-state index in [4.69, 9.17) is 5.84 Å². The van der Waals surface area contributed by atoms with Crippen LogP contribution < -0.4 is 11.3 Å². The molecule has 0 saturated heterocycles. The highest BCUT2D eigenvalue weighted by atomic mass is 79.9. The number of nitrogens with one attached hydrogen (secondary N) is 1. The first-order valence-electron chi connectivity index (χ1n) is 5.20. The number of hydrogen-bond acceptors (Lipinski definition) is 4. The molecule has 1 heterocycles. The second-order valence-electron chi connectivity index (χ2n) is 3.73. The SMILES string of the molecule is Cc1ccc(Br)cc1C(NN)c1cnccn1. The van der Waals surface area contributed by atoms with E-state index < -0.39 is 0 Å². The van der Waals surface area contributed by atoms with Crippen molar-refractivity contribution in [2.75, 3.05) is 0 Å². The number of benzene rings is 1. The maximum Gasteiger partial charge on any atom is 0.0900 e. The molecule has 0 radical (unpaired) electrons. The number of rotatable bonds is 3. The smallest absolute Gasteiger partial charge is 0.0900 e. The zero-order valence-electron chi connectivity index (χ0n) is 9.39. The first kappa shape index (κ1) is 12.2. The van der Waals surface area contributed by atoms with Crippen LogP contribution in [0, 0.1) is 6.92 Å². The summed E-state index contributed by atoms with van der Waals surface area (Å²) in [7, 11) is 0. The lowest BCUT2D eigenvalue weighted by molar-refractivity contribution is 0.614. The van der Waals surface area contributed by atoms with Gasteiger partial charge in [0.1, 0.15) is 0 Å². The molecule has 0 spiro atoms. The van der Waals surface area contributed by atoms with Crippen LogP contribution in [0.4, 0.5) is 0 Å². The van der Waals surface area contributed by atoms with E-state index in [0.29, 0.717) is 0 Å². The number of aromatic nitrogens is 2. The molecule has 0 amide bonds. The van der Waals surface area contributed by atoms with Crippen LogP contribution in [-0.4, -0.2) is 9.97 Å². The van der Waals surface area contributed by atoms with Gasteiger partial charge in [-0.25, -0.2) is 5.43 Å². The maximum absolute atomic E-state index is 5.62. The predicted octanol–water partition coefficient (Wildman–Crippen LogP) is 2.10. The molecule has 17 heavy (non-hydrogen) atoms. The number of hydrogen-bond donors (Lipinski definition) is 2. The number of halogens is 1. The summed E-state index contributed by atoms with van der Waals surface area (Å²) >= 11 is 3.46. The van der Waals surface area contributed by atoms with Gasteiger partial charge in [-0.05, 0) is 30.2 Å². The Hall–Kier alpha value is -1.30. The minimum atomic E-state index is -0.152. The van der Waals surface area contributed by atoms with Gasteiger partial charge in [-0.2, -0.15) is 0 Å². The molecule has 5 heteroatoms. The Kier molecular flexibility index (Phi) is 3.83. The molecule has 0 fully saturated rings. The van der Waals surface area contributed by atoms with Crippen LogP contribution in [0.2, 0.25) is 0 Å². The van der Waals surface area contributed by atoms with Crippen molar-refractivity contribution in [1.29, 1.82) is 0 Å². The Labute approximate surface area is 108 Å². The third kappa shape index (κ3) is 2.69. The van der Waals surface area contributed by atoms with Crippen molar-refractivity contribution in [3.05, 3.63) is 58.1 Å². The van der Waals surface area contributed by atoms with E-state index in [1.807, 2.05) is 25.1 Å². The molecular weight excluding hydrogens is 280 g/mol. The van der Waals surface area contributed by atoms with E-state index in [2.05, 4.69) is 31.3 Å². The summed E-state index contributed by atoms with van der Waals surface area (Å²) in [5.74, 6) is 5.62. The minimum Gasteiger partial charge on any atom is -0.271 e. The zero-order chi connectivity index (χ0) is 12.3. The quantitative estimate of drug-likeness (QED) is 0.672. The van der Waals surface area contributed by atoms with E-state index >= 15 is 0 Å². The third-order valence-electron chi connectivity index (χ3n) is 2.60. The maximum atomic E-state index is 5.62. The molecule has 1 aromatic heterocycles. The average molecular weight is 293 g/mol. The summed E-state index contributed by atoms with van der Waals surface area (Å²) in [6.07, 6.45) is 5.02. The van der Waals surface area contributed by atoms with Gasteiger partial charge >= 0.3 is 0 Å². The lowest BCUT2D eigenvalue weighted by atomic mass is 9.99. The number of aryl methyl sites for hydroxylation is 1. The fraction of sp³-hybridized carbons (Fsp3) is 0.167. The molecule has 0 aliphatic heterocycles. The second-order valence-corrected chi connectivity index (χ2v) is 4.65. The molecule has 0 bridgehead atoms. The van der Waals surface area contributed by atoms with Gasteiger partial charge in [-0.3, -0.25) is 15.8 Å². The molecule has 3 N–H and O–H groups in total. The molecule has 0 aliphatic carbocycles. The predicted molar refractivity (Wildman–Crippen MR) is 70.1 cm³/mol. The van der Waals surface area contributed by atoms with Crippen LogP contribution in [0.25, 0.3) is 0 Å². The summed E-state index contributed by atoms with van der Waals surface area (Å²) in [6, 6.07) is 5.93. The normalized spacial score (nSPS) is 12.4.